The van der Waals surface area contributed by atoms with Gasteiger partial charge in [-0.25, -0.2) is 0 Å². The Hall–Kier alpha value is -1.97. The lowest BCUT2D eigenvalue weighted by atomic mass is 10.1. The van der Waals surface area contributed by atoms with Gasteiger partial charge < -0.3 is 9.69 Å². The van der Waals surface area contributed by atoms with Crippen molar-refractivity contribution >= 4 is 23.7 Å². The van der Waals surface area contributed by atoms with Crippen LogP contribution >= 0.6 is 0 Å². The zero-order chi connectivity index (χ0) is 13.7. The van der Waals surface area contributed by atoms with Crippen LogP contribution in [0.2, 0.25) is 0 Å². The molecule has 1 amide bonds. The summed E-state index contributed by atoms with van der Waals surface area (Å²) in [6.07, 6.45) is 0.942. The summed E-state index contributed by atoms with van der Waals surface area (Å²) in [6, 6.07) is 6.88. The van der Waals surface area contributed by atoms with Crippen LogP contribution in [0.1, 0.15) is 30.6 Å². The lowest BCUT2D eigenvalue weighted by molar-refractivity contribution is -0.123. The maximum Gasteiger partial charge on any atom is 0.229 e. The third kappa shape index (κ3) is 3.26. The number of hydrogen-bond acceptors (Lipinski definition) is 3. The first-order valence-corrected chi connectivity index (χ1v) is 5.79. The smallest absolute Gasteiger partial charge is 0.229 e. The number of carbonyl (C=O) groups is 3. The third-order valence-corrected chi connectivity index (χ3v) is 2.84. The van der Waals surface area contributed by atoms with Crippen molar-refractivity contribution in [2.24, 2.45) is 5.92 Å². The minimum Gasteiger partial charge on any atom is -0.315 e. The lowest BCUT2D eigenvalue weighted by Crippen LogP contribution is -2.31. The summed E-state index contributed by atoms with van der Waals surface area (Å²) < 4.78 is 0. The van der Waals surface area contributed by atoms with E-state index < -0.39 is 0 Å². The zero-order valence-corrected chi connectivity index (χ0v) is 10.8. The average Bonchev–Trinajstić information content (AvgIpc) is 2.37. The first-order valence-electron chi connectivity index (χ1n) is 5.79. The second-order valence-corrected chi connectivity index (χ2v) is 4.31. The Morgan fingerprint density at radius 1 is 1.39 bits per heavy atom. The summed E-state index contributed by atoms with van der Waals surface area (Å²) in [4.78, 5) is 35.2. The highest BCUT2D eigenvalue weighted by atomic mass is 16.2. The van der Waals surface area contributed by atoms with Crippen LogP contribution in [-0.2, 0) is 9.59 Å². The van der Waals surface area contributed by atoms with Crippen LogP contribution in [0.4, 0.5) is 5.69 Å². The summed E-state index contributed by atoms with van der Waals surface area (Å²) in [7, 11) is 1.64. The van der Waals surface area contributed by atoms with Gasteiger partial charge in [-0.3, -0.25) is 9.59 Å². The Bertz CT molecular complexity index is 468. The molecule has 0 aliphatic heterocycles. The predicted molar refractivity (Wildman–Crippen MR) is 69.7 cm³/mol. The normalized spacial score (nSPS) is 11.7. The standard InChI is InChI=1S/C14H17NO3/c1-10(7-8-16)14(18)15(3)13-6-4-5-12(9-13)11(2)17/h4-6,8-10H,7H2,1-3H3. The van der Waals surface area contributed by atoms with Gasteiger partial charge in [0.1, 0.15) is 6.29 Å². The molecule has 1 unspecified atom stereocenters. The number of ketones is 1. The first-order chi connectivity index (χ1) is 8.47. The number of nitrogens with zero attached hydrogens (tertiary/aromatic N) is 1. The van der Waals surface area contributed by atoms with E-state index >= 15 is 0 Å². The van der Waals surface area contributed by atoms with Gasteiger partial charge in [-0.15, -0.1) is 0 Å². The number of anilines is 1. The molecule has 0 N–H and O–H groups in total. The Morgan fingerprint density at radius 2 is 2.06 bits per heavy atom. The van der Waals surface area contributed by atoms with Crippen LogP contribution in [0.25, 0.3) is 0 Å². The second kappa shape index (κ2) is 6.10. The number of Topliss-reactive ketones (excluding diaryl/α,β-unsaturated/α-hetero) is 1. The van der Waals surface area contributed by atoms with Crippen LogP contribution in [0.5, 0.6) is 0 Å². The van der Waals surface area contributed by atoms with E-state index in [1.807, 2.05) is 0 Å². The molecule has 0 radical (unpaired) electrons. The lowest BCUT2D eigenvalue weighted by Gasteiger charge is -2.20. The Kier molecular flexibility index (Phi) is 4.77. The van der Waals surface area contributed by atoms with Crippen molar-refractivity contribution in [1.82, 2.24) is 0 Å². The van der Waals surface area contributed by atoms with Crippen molar-refractivity contribution in [1.29, 1.82) is 0 Å². The summed E-state index contributed by atoms with van der Waals surface area (Å²) >= 11 is 0. The van der Waals surface area contributed by atoms with Gasteiger partial charge >= 0.3 is 0 Å². The van der Waals surface area contributed by atoms with Crippen molar-refractivity contribution < 1.29 is 14.4 Å². The average molecular weight is 247 g/mol. The maximum atomic E-state index is 12.0. The molecule has 0 aromatic heterocycles. The van der Waals surface area contributed by atoms with E-state index in [9.17, 15) is 14.4 Å². The molecule has 0 saturated heterocycles. The van der Waals surface area contributed by atoms with Gasteiger partial charge in [-0.1, -0.05) is 19.1 Å². The molecule has 1 aromatic carbocycles. The van der Waals surface area contributed by atoms with Crippen molar-refractivity contribution in [2.45, 2.75) is 20.3 Å². The van der Waals surface area contributed by atoms with Gasteiger partial charge in [0.15, 0.2) is 5.78 Å². The van der Waals surface area contributed by atoms with Crippen LogP contribution in [-0.4, -0.2) is 25.0 Å². The van der Waals surface area contributed by atoms with E-state index in [0.29, 0.717) is 11.3 Å². The summed E-state index contributed by atoms with van der Waals surface area (Å²) in [5, 5.41) is 0. The molecule has 0 fully saturated rings. The number of amides is 1. The molecular formula is C14H17NO3. The molecule has 1 rings (SSSR count). The molecule has 1 aromatic rings. The van der Waals surface area contributed by atoms with E-state index in [-0.39, 0.29) is 24.0 Å². The monoisotopic (exact) mass is 247 g/mol. The third-order valence-electron chi connectivity index (χ3n) is 2.84. The zero-order valence-electron chi connectivity index (χ0n) is 10.8. The highest BCUT2D eigenvalue weighted by Crippen LogP contribution is 2.18. The topological polar surface area (TPSA) is 54.5 Å². The fourth-order valence-corrected chi connectivity index (χ4v) is 1.64. The van der Waals surface area contributed by atoms with Crippen LogP contribution in [0.3, 0.4) is 0 Å². The molecule has 18 heavy (non-hydrogen) atoms. The van der Waals surface area contributed by atoms with Gasteiger partial charge in [-0.2, -0.15) is 0 Å². The van der Waals surface area contributed by atoms with Crippen molar-refractivity contribution in [2.75, 3.05) is 11.9 Å². The molecule has 4 nitrogen and oxygen atoms in total. The molecule has 0 saturated carbocycles. The maximum absolute atomic E-state index is 12.0. The van der Waals surface area contributed by atoms with Crippen molar-refractivity contribution in [3.63, 3.8) is 0 Å². The van der Waals surface area contributed by atoms with Crippen molar-refractivity contribution in [3.05, 3.63) is 29.8 Å². The van der Waals surface area contributed by atoms with Gasteiger partial charge in [-0.05, 0) is 19.1 Å². The molecule has 96 valence electrons. The SMILES string of the molecule is CC(=O)c1cccc(N(C)C(=O)C(C)CC=O)c1. The summed E-state index contributed by atoms with van der Waals surface area (Å²) in [5.74, 6) is -0.532. The van der Waals surface area contributed by atoms with E-state index in [1.165, 1.54) is 11.8 Å². The predicted octanol–water partition coefficient (Wildman–Crippen LogP) is 2.08. The second-order valence-electron chi connectivity index (χ2n) is 4.31. The highest BCUT2D eigenvalue weighted by molar-refractivity contribution is 5.98. The Morgan fingerprint density at radius 3 is 2.61 bits per heavy atom. The molecule has 1 atom stereocenters. The molecule has 0 aliphatic carbocycles. The highest BCUT2D eigenvalue weighted by Gasteiger charge is 2.18. The fraction of sp³-hybridized carbons (Fsp3) is 0.357. The van der Waals surface area contributed by atoms with Gasteiger partial charge in [0.2, 0.25) is 5.91 Å². The Labute approximate surface area is 107 Å². The van der Waals surface area contributed by atoms with E-state index in [4.69, 9.17) is 0 Å². The molecule has 0 bridgehead atoms. The number of benzene rings is 1. The largest absolute Gasteiger partial charge is 0.315 e. The van der Waals surface area contributed by atoms with Crippen LogP contribution in [0, 0.1) is 5.92 Å². The summed E-state index contributed by atoms with van der Waals surface area (Å²) in [5.41, 5.74) is 1.22. The van der Waals surface area contributed by atoms with Gasteiger partial charge in [0, 0.05) is 30.6 Å². The molecule has 0 spiro atoms. The molecule has 4 heteroatoms. The number of hydrogen-bond donors (Lipinski definition) is 0. The van der Waals surface area contributed by atoms with E-state index in [2.05, 4.69) is 0 Å². The number of carbonyl (C=O) groups excluding carboxylic acids is 3. The van der Waals surface area contributed by atoms with Crippen molar-refractivity contribution in [3.8, 4) is 0 Å². The Balaban J connectivity index is 2.92. The number of aldehydes is 1. The van der Waals surface area contributed by atoms with Gasteiger partial charge in [0.05, 0.1) is 0 Å². The summed E-state index contributed by atoms with van der Waals surface area (Å²) in [6.45, 7) is 3.19. The number of rotatable bonds is 5. The molecule has 0 heterocycles. The molecular weight excluding hydrogens is 230 g/mol. The van der Waals surface area contributed by atoms with E-state index in [0.717, 1.165) is 6.29 Å². The van der Waals surface area contributed by atoms with Crippen LogP contribution < -0.4 is 4.90 Å². The minimum absolute atomic E-state index is 0.0429. The van der Waals surface area contributed by atoms with Crippen LogP contribution in [0.15, 0.2) is 24.3 Å². The quantitative estimate of drug-likeness (QED) is 0.591. The first kappa shape index (κ1) is 14.1. The van der Waals surface area contributed by atoms with Gasteiger partial charge in [0.25, 0.3) is 0 Å². The minimum atomic E-state index is -0.353. The van der Waals surface area contributed by atoms with E-state index in [1.54, 1.807) is 38.2 Å². The fourth-order valence-electron chi connectivity index (χ4n) is 1.64. The molecule has 0 aliphatic rings.